The van der Waals surface area contributed by atoms with Crippen molar-refractivity contribution in [2.45, 2.75) is 26.2 Å². The van der Waals surface area contributed by atoms with Crippen LogP contribution in [0.5, 0.6) is 11.5 Å². The van der Waals surface area contributed by atoms with E-state index < -0.39 is 6.98 Å². The van der Waals surface area contributed by atoms with Crippen LogP contribution in [0.3, 0.4) is 0 Å². The molecule has 0 bridgehead atoms. The Labute approximate surface area is 367 Å². The van der Waals surface area contributed by atoms with Crippen LogP contribution in [0.1, 0.15) is 30.4 Å². The van der Waals surface area contributed by atoms with Gasteiger partial charge in [0.1, 0.15) is 5.82 Å². The predicted octanol–water partition coefficient (Wildman–Crippen LogP) is 12.2. The molecule has 0 saturated carbocycles. The first-order valence-electron chi connectivity index (χ1n) is 21.2. The SMILES string of the molecule is [2H]C([2H])([2H])[n+]1[c-]n(-c2[c-]c(Oc3[c-]c4c(cc3)c3cc(-c5cccc6c5c5ccccc5n6-c5ccccc5)ccc3n4-c3cc(C(C)(C)C)ccn3)ccc2)c2ccccc21.[Pt]. The molecule has 60 heavy (non-hydrogen) atoms. The molecular weight excluding hydrogens is 918 g/mol. The number of para-hydroxylation sites is 4. The van der Waals surface area contributed by atoms with Crippen molar-refractivity contribution in [3.05, 3.63) is 188 Å². The van der Waals surface area contributed by atoms with Crippen molar-refractivity contribution in [3.8, 4) is 39.8 Å². The molecule has 7 aromatic carbocycles. The monoisotopic (exact) mass is 959 g/mol. The van der Waals surface area contributed by atoms with Crippen molar-refractivity contribution < 1.29 is 34.5 Å². The number of pyridine rings is 1. The summed E-state index contributed by atoms with van der Waals surface area (Å²) in [5.41, 5.74) is 10.4. The second kappa shape index (κ2) is 14.5. The van der Waals surface area contributed by atoms with E-state index in [2.05, 4.69) is 158 Å². The Balaban J connectivity index is 0.00000471. The van der Waals surface area contributed by atoms with Gasteiger partial charge < -0.3 is 23.0 Å². The van der Waals surface area contributed by atoms with E-state index in [-0.39, 0.29) is 26.5 Å². The van der Waals surface area contributed by atoms with Crippen molar-refractivity contribution in [2.75, 3.05) is 0 Å². The first-order valence-corrected chi connectivity index (χ1v) is 19.7. The maximum absolute atomic E-state index is 8.10. The third-order valence-corrected chi connectivity index (χ3v) is 11.3. The Morgan fingerprint density at radius 2 is 1.38 bits per heavy atom. The van der Waals surface area contributed by atoms with Crippen molar-refractivity contribution in [2.24, 2.45) is 6.98 Å². The first-order chi connectivity index (χ1) is 30.0. The van der Waals surface area contributed by atoms with Crippen LogP contribution in [-0.2, 0) is 33.5 Å². The fourth-order valence-electron chi connectivity index (χ4n) is 8.49. The van der Waals surface area contributed by atoms with Gasteiger partial charge in [0.05, 0.1) is 33.2 Å². The summed E-state index contributed by atoms with van der Waals surface area (Å²) < 4.78 is 38.2. The summed E-state index contributed by atoms with van der Waals surface area (Å²) in [5, 5.41) is 4.48. The van der Waals surface area contributed by atoms with E-state index in [0.717, 1.165) is 55.5 Å². The van der Waals surface area contributed by atoms with Crippen molar-refractivity contribution >= 4 is 54.6 Å². The molecule has 0 spiro atoms. The van der Waals surface area contributed by atoms with Crippen LogP contribution in [0.2, 0.25) is 0 Å². The molecule has 0 fully saturated rings. The maximum atomic E-state index is 8.10. The topological polar surface area (TPSA) is 40.8 Å². The van der Waals surface area contributed by atoms with Gasteiger partial charge in [0, 0.05) is 60.7 Å². The number of fused-ring (bicyclic) bond motifs is 7. The van der Waals surface area contributed by atoms with Crippen LogP contribution >= 0.6 is 0 Å². The number of ether oxygens (including phenoxy) is 1. The average Bonchev–Trinajstić information content (AvgIpc) is 3.95. The van der Waals surface area contributed by atoms with Gasteiger partial charge in [0.2, 0.25) is 6.33 Å². The molecule has 0 saturated heterocycles. The van der Waals surface area contributed by atoms with Crippen molar-refractivity contribution in [1.29, 1.82) is 0 Å². The van der Waals surface area contributed by atoms with Crippen LogP contribution in [-0.4, -0.2) is 18.7 Å². The summed E-state index contributed by atoms with van der Waals surface area (Å²) in [6.07, 6.45) is 4.90. The predicted molar refractivity (Wildman–Crippen MR) is 238 cm³/mol. The van der Waals surface area contributed by atoms with Gasteiger partial charge in [-0.3, -0.25) is 0 Å². The standard InChI is InChI=1S/C53H39N5O.Pt/c1-53(2,3)36-28-29-54-51(31-36)58-46-27-24-35(41-19-13-23-49-52(41)43-18-8-9-20-45(43)57(49)37-14-6-5-7-15-37)30-44(46)42-26-25-40(33-50(42)58)59-39-17-12-16-38(32-39)56-34-55(4)47-21-10-11-22-48(47)56;/h5-31H,1-4H3;/q-2;/i4D3;. The summed E-state index contributed by atoms with van der Waals surface area (Å²) in [4.78, 5) is 4.93. The summed E-state index contributed by atoms with van der Waals surface area (Å²) in [5.74, 6) is 1.74. The quantitative estimate of drug-likeness (QED) is 0.123. The zero-order chi connectivity index (χ0) is 42.3. The molecule has 4 heterocycles. The number of imidazole rings is 1. The molecule has 11 aromatic rings. The first kappa shape index (κ1) is 34.1. The Morgan fingerprint density at radius 1 is 0.633 bits per heavy atom. The van der Waals surface area contributed by atoms with Gasteiger partial charge in [-0.25, -0.2) is 4.98 Å². The van der Waals surface area contributed by atoms with E-state index >= 15 is 0 Å². The average molecular weight is 960 g/mol. The number of aromatic nitrogens is 5. The molecule has 7 heteroatoms. The Morgan fingerprint density at radius 3 is 2.23 bits per heavy atom. The number of hydrogen-bond donors (Lipinski definition) is 0. The number of hydrogen-bond acceptors (Lipinski definition) is 2. The molecule has 0 aliphatic rings. The van der Waals surface area contributed by atoms with Crippen LogP contribution in [0, 0.1) is 18.5 Å². The van der Waals surface area contributed by atoms with Gasteiger partial charge in [-0.1, -0.05) is 117 Å². The van der Waals surface area contributed by atoms with Crippen LogP contribution in [0.15, 0.2) is 164 Å². The van der Waals surface area contributed by atoms with E-state index in [4.69, 9.17) is 13.8 Å². The number of nitrogens with zero attached hydrogens (tertiary/aromatic N) is 5. The summed E-state index contributed by atoms with van der Waals surface area (Å²) in [6.45, 7) is 4.22. The van der Waals surface area contributed by atoms with Gasteiger partial charge in [0.15, 0.2) is 0 Å². The minimum atomic E-state index is -2.40. The number of aryl methyl sites for hydroxylation is 1. The van der Waals surface area contributed by atoms with E-state index in [1.165, 1.54) is 20.9 Å². The number of benzene rings is 7. The second-order valence-corrected chi connectivity index (χ2v) is 16.0. The minimum Gasteiger partial charge on any atom is -0.510 e. The van der Waals surface area contributed by atoms with E-state index in [9.17, 15) is 0 Å². The largest absolute Gasteiger partial charge is 0.510 e. The number of rotatable bonds is 6. The van der Waals surface area contributed by atoms with E-state index in [1.807, 2.05) is 48.7 Å². The normalized spacial score (nSPS) is 12.8. The summed E-state index contributed by atoms with van der Waals surface area (Å²) in [6, 6.07) is 60.6. The van der Waals surface area contributed by atoms with Gasteiger partial charge in [-0.05, 0) is 70.0 Å². The third kappa shape index (κ3) is 6.13. The fraction of sp³-hybridized carbons (Fsp3) is 0.0943. The Kier molecular flexibility index (Phi) is 8.26. The van der Waals surface area contributed by atoms with Gasteiger partial charge in [-0.2, -0.15) is 18.2 Å². The zero-order valence-corrected chi connectivity index (χ0v) is 35.3. The molecule has 11 rings (SSSR count). The van der Waals surface area contributed by atoms with E-state index in [1.54, 1.807) is 10.6 Å². The molecule has 0 amide bonds. The molecule has 0 aliphatic heterocycles. The molecule has 0 atom stereocenters. The fourth-order valence-corrected chi connectivity index (χ4v) is 8.49. The zero-order valence-electron chi connectivity index (χ0n) is 36.0. The van der Waals surface area contributed by atoms with Crippen molar-refractivity contribution in [1.82, 2.24) is 18.7 Å². The van der Waals surface area contributed by atoms with Gasteiger partial charge >= 0.3 is 0 Å². The molecule has 294 valence electrons. The van der Waals surface area contributed by atoms with E-state index in [0.29, 0.717) is 28.2 Å². The smallest absolute Gasteiger partial charge is 0.242 e. The van der Waals surface area contributed by atoms with Gasteiger partial charge in [-0.15, -0.1) is 29.7 Å². The Bertz CT molecular complexity index is 3540. The molecule has 0 aliphatic carbocycles. The summed E-state index contributed by atoms with van der Waals surface area (Å²) in [7, 11) is 0. The van der Waals surface area contributed by atoms with Crippen molar-refractivity contribution in [3.63, 3.8) is 0 Å². The summed E-state index contributed by atoms with van der Waals surface area (Å²) >= 11 is 0. The Hall–Kier alpha value is -6.75. The van der Waals surface area contributed by atoms with Crippen LogP contribution in [0.4, 0.5) is 0 Å². The second-order valence-electron chi connectivity index (χ2n) is 16.0. The molecular formula is C53H39N5OPt-2. The van der Waals surface area contributed by atoms with Crippen LogP contribution < -0.4 is 9.30 Å². The molecule has 0 radical (unpaired) electrons. The molecule has 0 N–H and O–H groups in total. The molecule has 6 nitrogen and oxygen atoms in total. The molecule has 0 unspecified atom stereocenters. The van der Waals surface area contributed by atoms with Crippen LogP contribution in [0.25, 0.3) is 83.0 Å². The van der Waals surface area contributed by atoms with Gasteiger partial charge in [0.25, 0.3) is 0 Å². The third-order valence-electron chi connectivity index (χ3n) is 11.3. The molecule has 4 aromatic heterocycles. The minimum absolute atomic E-state index is 0. The maximum Gasteiger partial charge on any atom is 0.242 e.